The molecule has 21 heavy (non-hydrogen) atoms. The van der Waals surface area contributed by atoms with Crippen molar-refractivity contribution >= 4 is 6.09 Å². The van der Waals surface area contributed by atoms with Crippen molar-refractivity contribution in [3.05, 3.63) is 11.9 Å². The van der Waals surface area contributed by atoms with E-state index in [1.54, 1.807) is 9.58 Å². The van der Waals surface area contributed by atoms with Crippen LogP contribution in [0.25, 0.3) is 0 Å². The van der Waals surface area contributed by atoms with Crippen LogP contribution in [0.1, 0.15) is 39.3 Å². The first-order valence-corrected chi connectivity index (χ1v) is 7.40. The van der Waals surface area contributed by atoms with Crippen LogP contribution in [0.5, 0.6) is 0 Å². The Morgan fingerprint density at radius 3 is 2.90 bits per heavy atom. The second kappa shape index (κ2) is 6.43. The highest BCUT2D eigenvalue weighted by Crippen LogP contribution is 2.15. The molecule has 1 saturated heterocycles. The van der Waals surface area contributed by atoms with Crippen molar-refractivity contribution in [2.45, 2.75) is 51.8 Å². The SMILES string of the molecule is Cn1cc(CNC2CCCN(C(=O)OC(C)(C)C)C2)nn1. The molecule has 7 nitrogen and oxygen atoms in total. The van der Waals surface area contributed by atoms with E-state index in [0.29, 0.717) is 13.1 Å². The molecule has 0 radical (unpaired) electrons. The first kappa shape index (κ1) is 15.8. The molecule has 2 heterocycles. The maximum absolute atomic E-state index is 12.1. The van der Waals surface area contributed by atoms with Gasteiger partial charge in [-0.05, 0) is 33.6 Å². The topological polar surface area (TPSA) is 72.3 Å². The second-order valence-corrected chi connectivity index (χ2v) is 6.53. The van der Waals surface area contributed by atoms with Gasteiger partial charge in [0, 0.05) is 38.9 Å². The highest BCUT2D eigenvalue weighted by molar-refractivity contribution is 5.68. The smallest absolute Gasteiger partial charge is 0.410 e. The summed E-state index contributed by atoms with van der Waals surface area (Å²) in [6.45, 7) is 7.77. The number of amides is 1. The first-order chi connectivity index (χ1) is 9.83. The quantitative estimate of drug-likeness (QED) is 0.910. The Labute approximate surface area is 125 Å². The average Bonchev–Trinajstić information content (AvgIpc) is 2.81. The number of hydrogen-bond acceptors (Lipinski definition) is 5. The van der Waals surface area contributed by atoms with Gasteiger partial charge < -0.3 is 15.0 Å². The van der Waals surface area contributed by atoms with Gasteiger partial charge in [-0.2, -0.15) is 0 Å². The Morgan fingerprint density at radius 2 is 2.29 bits per heavy atom. The van der Waals surface area contributed by atoms with Gasteiger partial charge in [-0.15, -0.1) is 5.10 Å². The molecule has 1 unspecified atom stereocenters. The van der Waals surface area contributed by atoms with Crippen molar-refractivity contribution < 1.29 is 9.53 Å². The van der Waals surface area contributed by atoms with E-state index in [-0.39, 0.29) is 12.1 Å². The average molecular weight is 295 g/mol. The summed E-state index contributed by atoms with van der Waals surface area (Å²) in [7, 11) is 1.85. The van der Waals surface area contributed by atoms with Crippen LogP contribution in [0.2, 0.25) is 0 Å². The van der Waals surface area contributed by atoms with Gasteiger partial charge in [0.2, 0.25) is 0 Å². The van der Waals surface area contributed by atoms with Gasteiger partial charge >= 0.3 is 6.09 Å². The zero-order valence-corrected chi connectivity index (χ0v) is 13.3. The maximum Gasteiger partial charge on any atom is 0.410 e. The summed E-state index contributed by atoms with van der Waals surface area (Å²) >= 11 is 0. The largest absolute Gasteiger partial charge is 0.444 e. The van der Waals surface area contributed by atoms with E-state index < -0.39 is 5.60 Å². The van der Waals surface area contributed by atoms with Crippen molar-refractivity contribution in [1.82, 2.24) is 25.2 Å². The molecule has 1 amide bonds. The van der Waals surface area contributed by atoms with Crippen LogP contribution >= 0.6 is 0 Å². The molecule has 1 aromatic heterocycles. The highest BCUT2D eigenvalue weighted by atomic mass is 16.6. The van der Waals surface area contributed by atoms with Crippen LogP contribution in [-0.2, 0) is 18.3 Å². The third kappa shape index (κ3) is 5.00. The number of carbonyl (C=O) groups excluding carboxylic acids is 1. The summed E-state index contributed by atoms with van der Waals surface area (Å²) in [6.07, 6.45) is 3.70. The third-order valence-corrected chi connectivity index (χ3v) is 3.30. The predicted octanol–water partition coefficient (Wildman–Crippen LogP) is 1.30. The zero-order chi connectivity index (χ0) is 15.5. The third-order valence-electron chi connectivity index (χ3n) is 3.30. The van der Waals surface area contributed by atoms with Gasteiger partial charge in [-0.3, -0.25) is 4.68 Å². The van der Waals surface area contributed by atoms with Crippen molar-refractivity contribution in [1.29, 1.82) is 0 Å². The Balaban J connectivity index is 1.81. The molecule has 118 valence electrons. The van der Waals surface area contributed by atoms with E-state index in [9.17, 15) is 4.79 Å². The van der Waals surface area contributed by atoms with Gasteiger partial charge in [-0.1, -0.05) is 5.21 Å². The van der Waals surface area contributed by atoms with Crippen LogP contribution in [0.3, 0.4) is 0 Å². The molecule has 0 aliphatic carbocycles. The van der Waals surface area contributed by atoms with E-state index >= 15 is 0 Å². The molecule has 0 bridgehead atoms. The predicted molar refractivity (Wildman–Crippen MR) is 78.7 cm³/mol. The number of aryl methyl sites for hydroxylation is 1. The van der Waals surface area contributed by atoms with Crippen LogP contribution in [0, 0.1) is 0 Å². The molecule has 1 aromatic rings. The number of ether oxygens (including phenoxy) is 1. The summed E-state index contributed by atoms with van der Waals surface area (Å²) in [4.78, 5) is 13.9. The minimum Gasteiger partial charge on any atom is -0.444 e. The van der Waals surface area contributed by atoms with Crippen LogP contribution in [0.15, 0.2) is 6.20 Å². The van der Waals surface area contributed by atoms with Gasteiger partial charge in [0.25, 0.3) is 0 Å². The van der Waals surface area contributed by atoms with E-state index in [4.69, 9.17) is 4.74 Å². The van der Waals surface area contributed by atoms with Crippen LogP contribution in [0.4, 0.5) is 4.79 Å². The van der Waals surface area contributed by atoms with Gasteiger partial charge in [0.1, 0.15) is 5.60 Å². The van der Waals surface area contributed by atoms with Crippen molar-refractivity contribution in [2.75, 3.05) is 13.1 Å². The molecule has 1 atom stereocenters. The molecule has 2 rings (SSSR count). The number of hydrogen-bond donors (Lipinski definition) is 1. The number of likely N-dealkylation sites (tertiary alicyclic amines) is 1. The Kier molecular flexibility index (Phi) is 4.82. The maximum atomic E-state index is 12.1. The highest BCUT2D eigenvalue weighted by Gasteiger charge is 2.27. The molecule has 1 aliphatic heterocycles. The minimum absolute atomic E-state index is 0.228. The molecule has 0 aromatic carbocycles. The fourth-order valence-corrected chi connectivity index (χ4v) is 2.36. The summed E-state index contributed by atoms with van der Waals surface area (Å²) < 4.78 is 7.11. The van der Waals surface area contributed by atoms with Crippen molar-refractivity contribution in [3.63, 3.8) is 0 Å². The lowest BCUT2D eigenvalue weighted by molar-refractivity contribution is 0.0187. The monoisotopic (exact) mass is 295 g/mol. The first-order valence-electron chi connectivity index (χ1n) is 7.40. The molecule has 0 spiro atoms. The molecule has 7 heteroatoms. The lowest BCUT2D eigenvalue weighted by atomic mass is 10.1. The number of aromatic nitrogens is 3. The van der Waals surface area contributed by atoms with Crippen LogP contribution in [-0.4, -0.2) is 50.7 Å². The van der Waals surface area contributed by atoms with E-state index in [0.717, 1.165) is 25.1 Å². The fraction of sp³-hybridized carbons (Fsp3) is 0.786. The molecule has 0 saturated carbocycles. The van der Waals surface area contributed by atoms with Gasteiger partial charge in [0.05, 0.1) is 5.69 Å². The van der Waals surface area contributed by atoms with E-state index in [1.807, 2.05) is 34.0 Å². The standard InChI is InChI=1S/C14H25N5O2/c1-14(2,3)21-13(20)19-7-5-6-11(10-19)15-8-12-9-18(4)17-16-12/h9,11,15H,5-8,10H2,1-4H3. The normalized spacial score (nSPS) is 19.6. The molecule has 1 fully saturated rings. The number of nitrogens with one attached hydrogen (secondary N) is 1. The molecular formula is C14H25N5O2. The van der Waals surface area contributed by atoms with E-state index in [1.165, 1.54) is 0 Å². The Hall–Kier alpha value is -1.63. The lowest BCUT2D eigenvalue weighted by Crippen LogP contribution is -2.49. The lowest BCUT2D eigenvalue weighted by Gasteiger charge is -2.34. The van der Waals surface area contributed by atoms with Crippen molar-refractivity contribution in [2.24, 2.45) is 7.05 Å². The molecule has 1 N–H and O–H groups in total. The Bertz CT molecular complexity index is 480. The fourth-order valence-electron chi connectivity index (χ4n) is 2.36. The number of rotatable bonds is 3. The number of piperidine rings is 1. The molecular weight excluding hydrogens is 270 g/mol. The second-order valence-electron chi connectivity index (χ2n) is 6.53. The Morgan fingerprint density at radius 1 is 1.52 bits per heavy atom. The minimum atomic E-state index is -0.447. The molecule has 1 aliphatic rings. The summed E-state index contributed by atoms with van der Waals surface area (Å²) in [5.74, 6) is 0. The number of carbonyl (C=O) groups is 1. The van der Waals surface area contributed by atoms with Crippen LogP contribution < -0.4 is 5.32 Å². The summed E-state index contributed by atoms with van der Waals surface area (Å²) in [5.41, 5.74) is 0.462. The van der Waals surface area contributed by atoms with Crippen molar-refractivity contribution in [3.8, 4) is 0 Å². The number of nitrogens with zero attached hydrogens (tertiary/aromatic N) is 4. The zero-order valence-electron chi connectivity index (χ0n) is 13.3. The van der Waals surface area contributed by atoms with Gasteiger partial charge in [0.15, 0.2) is 0 Å². The summed E-state index contributed by atoms with van der Waals surface area (Å²) in [6, 6.07) is 0.272. The summed E-state index contributed by atoms with van der Waals surface area (Å²) in [5, 5.41) is 11.4. The van der Waals surface area contributed by atoms with E-state index in [2.05, 4.69) is 15.6 Å². The van der Waals surface area contributed by atoms with Gasteiger partial charge in [-0.25, -0.2) is 4.79 Å².